The van der Waals surface area contributed by atoms with Crippen molar-refractivity contribution in [3.8, 4) is 0 Å². The summed E-state index contributed by atoms with van der Waals surface area (Å²) < 4.78 is 1.06. The highest BCUT2D eigenvalue weighted by Gasteiger charge is 2.46. The molecule has 20 heavy (non-hydrogen) atoms. The monoisotopic (exact) mass is 358 g/mol. The molecular weight excluding hydrogens is 340 g/mol. The van der Waals surface area contributed by atoms with E-state index in [4.69, 9.17) is 5.73 Å². The van der Waals surface area contributed by atoms with Crippen LogP contribution in [-0.4, -0.2) is 11.9 Å². The molecule has 1 aromatic rings. The first-order chi connectivity index (χ1) is 9.09. The number of rotatable bonds is 3. The molecule has 0 aromatic heterocycles. The van der Waals surface area contributed by atoms with Crippen molar-refractivity contribution in [1.82, 2.24) is 5.32 Å². The van der Waals surface area contributed by atoms with Crippen LogP contribution in [0.2, 0.25) is 0 Å². The second-order valence-corrected chi connectivity index (χ2v) is 6.77. The highest BCUT2D eigenvalue weighted by atomic mass is 79.9. The molecule has 1 aromatic carbocycles. The van der Waals surface area contributed by atoms with E-state index >= 15 is 0 Å². The summed E-state index contributed by atoms with van der Waals surface area (Å²) >= 11 is 3.49. The van der Waals surface area contributed by atoms with Crippen LogP contribution in [-0.2, 0) is 10.3 Å². The van der Waals surface area contributed by atoms with Crippen LogP contribution in [0.5, 0.6) is 0 Å². The van der Waals surface area contributed by atoms with E-state index in [-0.39, 0.29) is 35.8 Å². The molecule has 3 nitrogen and oxygen atoms in total. The van der Waals surface area contributed by atoms with Gasteiger partial charge in [-0.1, -0.05) is 28.1 Å². The summed E-state index contributed by atoms with van der Waals surface area (Å²) in [6, 6.07) is 8.44. The van der Waals surface area contributed by atoms with Gasteiger partial charge in [-0.2, -0.15) is 0 Å². The van der Waals surface area contributed by atoms with Crippen molar-refractivity contribution in [2.75, 3.05) is 0 Å². The van der Waals surface area contributed by atoms with E-state index in [0.717, 1.165) is 36.6 Å². The maximum Gasteiger partial charge on any atom is 0.223 e. The summed E-state index contributed by atoms with van der Waals surface area (Å²) in [4.78, 5) is 12.3. The summed E-state index contributed by atoms with van der Waals surface area (Å²) in [5.41, 5.74) is 6.98. The lowest BCUT2D eigenvalue weighted by Crippen LogP contribution is -2.38. The largest absolute Gasteiger partial charge is 0.346 e. The van der Waals surface area contributed by atoms with Gasteiger partial charge < -0.3 is 11.1 Å². The molecule has 110 valence electrons. The first-order valence-electron chi connectivity index (χ1n) is 6.93. The van der Waals surface area contributed by atoms with E-state index < -0.39 is 0 Å². The second-order valence-electron chi connectivity index (χ2n) is 5.85. The Balaban J connectivity index is 0.00000147. The van der Waals surface area contributed by atoms with Gasteiger partial charge in [-0.25, -0.2) is 0 Å². The Labute approximate surface area is 134 Å². The van der Waals surface area contributed by atoms with Gasteiger partial charge in [0.05, 0.1) is 5.54 Å². The van der Waals surface area contributed by atoms with Crippen LogP contribution >= 0.6 is 28.3 Å². The van der Waals surface area contributed by atoms with Crippen LogP contribution < -0.4 is 11.1 Å². The predicted octanol–water partition coefficient (Wildman–Crippen LogP) is 3.10. The van der Waals surface area contributed by atoms with Crippen molar-refractivity contribution < 1.29 is 4.79 Å². The van der Waals surface area contributed by atoms with Crippen molar-refractivity contribution in [2.24, 2.45) is 11.7 Å². The Morgan fingerprint density at radius 3 is 2.65 bits per heavy atom. The molecule has 2 aliphatic rings. The van der Waals surface area contributed by atoms with E-state index in [1.165, 1.54) is 5.56 Å². The lowest BCUT2D eigenvalue weighted by Gasteiger charge is -2.21. The molecule has 2 unspecified atom stereocenters. The van der Waals surface area contributed by atoms with Gasteiger partial charge in [-0.15, -0.1) is 12.4 Å². The summed E-state index contributed by atoms with van der Waals surface area (Å²) in [5, 5.41) is 3.26. The molecule has 0 saturated heterocycles. The Morgan fingerprint density at radius 2 is 2.10 bits per heavy atom. The standard InChI is InChI=1S/C15H19BrN2O.ClH/c16-12-3-1-2-11(9-12)15(6-7-15)18-14(19)10-4-5-13(17)8-10;/h1-3,9-10,13H,4-8,17H2,(H,18,19);1H. The molecule has 2 saturated carbocycles. The van der Waals surface area contributed by atoms with Crippen molar-refractivity contribution >= 4 is 34.2 Å². The van der Waals surface area contributed by atoms with Crippen LogP contribution in [0.15, 0.2) is 28.7 Å². The minimum Gasteiger partial charge on any atom is -0.346 e. The smallest absolute Gasteiger partial charge is 0.223 e. The van der Waals surface area contributed by atoms with Crippen molar-refractivity contribution in [1.29, 1.82) is 0 Å². The number of hydrogen-bond donors (Lipinski definition) is 2. The summed E-state index contributed by atoms with van der Waals surface area (Å²) in [7, 11) is 0. The zero-order valence-electron chi connectivity index (χ0n) is 11.3. The van der Waals surface area contributed by atoms with Gasteiger partial charge in [0.15, 0.2) is 0 Å². The van der Waals surface area contributed by atoms with Crippen molar-refractivity contribution in [2.45, 2.75) is 43.7 Å². The molecule has 5 heteroatoms. The van der Waals surface area contributed by atoms with Gasteiger partial charge in [0, 0.05) is 16.4 Å². The molecule has 2 atom stereocenters. The number of carbonyl (C=O) groups is 1. The number of benzene rings is 1. The lowest BCUT2D eigenvalue weighted by molar-refractivity contribution is -0.125. The van der Waals surface area contributed by atoms with Crippen LogP contribution in [0.1, 0.15) is 37.7 Å². The van der Waals surface area contributed by atoms with E-state index in [9.17, 15) is 4.79 Å². The zero-order valence-corrected chi connectivity index (χ0v) is 13.7. The third kappa shape index (κ3) is 3.18. The van der Waals surface area contributed by atoms with Crippen LogP contribution in [0.3, 0.4) is 0 Å². The molecule has 0 aliphatic heterocycles. The van der Waals surface area contributed by atoms with Crippen molar-refractivity contribution in [3.05, 3.63) is 34.3 Å². The van der Waals surface area contributed by atoms with E-state index in [2.05, 4.69) is 33.4 Å². The highest BCUT2D eigenvalue weighted by molar-refractivity contribution is 9.10. The average Bonchev–Trinajstić information content (AvgIpc) is 3.03. The molecule has 1 amide bonds. The molecule has 3 N–H and O–H groups in total. The maximum absolute atomic E-state index is 12.3. The molecule has 0 spiro atoms. The molecule has 2 aliphatic carbocycles. The minimum absolute atomic E-state index is 0. The van der Waals surface area contributed by atoms with Crippen molar-refractivity contribution in [3.63, 3.8) is 0 Å². The van der Waals surface area contributed by atoms with Crippen LogP contribution in [0, 0.1) is 5.92 Å². The number of carbonyl (C=O) groups excluding carboxylic acids is 1. The maximum atomic E-state index is 12.3. The Hall–Kier alpha value is -0.580. The zero-order chi connectivity index (χ0) is 13.5. The fourth-order valence-corrected chi connectivity index (χ4v) is 3.39. The normalized spacial score (nSPS) is 26.7. The number of amides is 1. The summed E-state index contributed by atoms with van der Waals surface area (Å²) in [6.45, 7) is 0. The Morgan fingerprint density at radius 1 is 1.35 bits per heavy atom. The first kappa shape index (κ1) is 15.8. The molecule has 2 fully saturated rings. The lowest BCUT2D eigenvalue weighted by atomic mass is 10.0. The quantitative estimate of drug-likeness (QED) is 0.871. The molecule has 0 radical (unpaired) electrons. The molecule has 0 heterocycles. The van der Waals surface area contributed by atoms with E-state index in [0.29, 0.717) is 0 Å². The summed E-state index contributed by atoms with van der Waals surface area (Å²) in [5.74, 6) is 0.296. The third-order valence-electron chi connectivity index (χ3n) is 4.33. The van der Waals surface area contributed by atoms with Crippen LogP contribution in [0.4, 0.5) is 0 Å². The van der Waals surface area contributed by atoms with Gasteiger partial charge in [-0.3, -0.25) is 4.79 Å². The second kappa shape index (κ2) is 6.04. The van der Waals surface area contributed by atoms with E-state index in [1.807, 2.05) is 12.1 Å². The van der Waals surface area contributed by atoms with Gasteiger partial charge in [0.1, 0.15) is 0 Å². The molecule has 3 rings (SSSR count). The number of hydrogen-bond acceptors (Lipinski definition) is 2. The Kier molecular flexibility index (Phi) is 4.77. The van der Waals surface area contributed by atoms with Gasteiger partial charge in [0.25, 0.3) is 0 Å². The first-order valence-corrected chi connectivity index (χ1v) is 7.72. The minimum atomic E-state index is -0.118. The summed E-state index contributed by atoms with van der Waals surface area (Å²) in [6.07, 6.45) is 4.81. The fraction of sp³-hybridized carbons (Fsp3) is 0.533. The molecule has 0 bridgehead atoms. The number of nitrogens with one attached hydrogen (secondary N) is 1. The number of nitrogens with two attached hydrogens (primary N) is 1. The average molecular weight is 360 g/mol. The topological polar surface area (TPSA) is 55.1 Å². The Bertz CT molecular complexity index is 504. The van der Waals surface area contributed by atoms with Gasteiger partial charge >= 0.3 is 0 Å². The number of halogens is 2. The third-order valence-corrected chi connectivity index (χ3v) is 4.83. The highest BCUT2D eigenvalue weighted by Crippen LogP contribution is 2.46. The van der Waals surface area contributed by atoms with E-state index in [1.54, 1.807) is 0 Å². The molecular formula is C15H20BrClN2O. The predicted molar refractivity (Wildman–Crippen MR) is 85.8 cm³/mol. The van der Waals surface area contributed by atoms with Gasteiger partial charge in [-0.05, 0) is 49.8 Å². The SMILES string of the molecule is Cl.NC1CCC(C(=O)NC2(c3cccc(Br)c3)CC2)C1. The fourth-order valence-electron chi connectivity index (χ4n) is 2.99. The van der Waals surface area contributed by atoms with Crippen LogP contribution in [0.25, 0.3) is 0 Å². The van der Waals surface area contributed by atoms with Gasteiger partial charge in [0.2, 0.25) is 5.91 Å².